The number of carboxylic acids is 1. The molecule has 0 aliphatic carbocycles. The van der Waals surface area contributed by atoms with Crippen molar-refractivity contribution in [1.29, 1.82) is 0 Å². The zero-order valence-electron chi connectivity index (χ0n) is 22.3. The number of rotatable bonds is 15. The molecule has 0 saturated heterocycles. The van der Waals surface area contributed by atoms with E-state index in [4.69, 9.17) is 21.4 Å². The predicted octanol–water partition coefficient (Wildman–Crippen LogP) is 3.10. The summed E-state index contributed by atoms with van der Waals surface area (Å²) in [7, 11) is 0. The van der Waals surface area contributed by atoms with Crippen LogP contribution in [0.1, 0.15) is 16.7 Å². The Morgan fingerprint density at radius 2 is 1.46 bits per heavy atom. The molecule has 41 heavy (non-hydrogen) atoms. The lowest BCUT2D eigenvalue weighted by Crippen LogP contribution is -2.55. The van der Waals surface area contributed by atoms with E-state index >= 15 is 0 Å². The van der Waals surface area contributed by atoms with Crippen LogP contribution in [0.2, 0.25) is 5.02 Å². The highest BCUT2D eigenvalue weighted by Crippen LogP contribution is 2.15. The van der Waals surface area contributed by atoms with Gasteiger partial charge in [-0.1, -0.05) is 78.9 Å². The summed E-state index contributed by atoms with van der Waals surface area (Å²) in [5.74, 6) is -2.25. The highest BCUT2D eigenvalue weighted by atomic mass is 35.5. The van der Waals surface area contributed by atoms with Gasteiger partial charge in [-0.15, -0.1) is 0 Å². The Hall–Kier alpha value is -4.63. The summed E-state index contributed by atoms with van der Waals surface area (Å²) in [6.07, 6.45) is 1.87. The molecule has 3 amide bonds. The predicted molar refractivity (Wildman–Crippen MR) is 156 cm³/mol. The number of aliphatic carboxylic acids is 1. The Morgan fingerprint density at radius 3 is 2.10 bits per heavy atom. The molecule has 0 spiro atoms. The van der Waals surface area contributed by atoms with Gasteiger partial charge in [0.2, 0.25) is 17.7 Å². The van der Waals surface area contributed by atoms with Crippen LogP contribution in [0.5, 0.6) is 5.75 Å². The Morgan fingerprint density at radius 1 is 0.829 bits per heavy atom. The molecule has 3 aromatic carbocycles. The van der Waals surface area contributed by atoms with Crippen molar-refractivity contribution >= 4 is 35.3 Å². The minimum absolute atomic E-state index is 0.00872. The van der Waals surface area contributed by atoms with Crippen LogP contribution in [0, 0.1) is 0 Å². The molecule has 214 valence electrons. The standard InChI is InChI=1S/C31H32ClN3O6/c1-2-15-41-25-13-11-22(12-14-25)18-27(34-28(36)19-23-9-6-10-24(32)16-23)31(40)35-26(30(39)33-20-29(37)38)17-21-7-4-3-5-8-21/h2-14,16,26-27H,1,15,17-20H2,(H,33,39)(H,34,36)(H,35,40)(H,37,38)/t26-,27-/m0/s1. The molecule has 3 rings (SSSR count). The molecule has 10 heteroatoms. The molecular weight excluding hydrogens is 546 g/mol. The molecule has 0 heterocycles. The van der Waals surface area contributed by atoms with E-state index in [9.17, 15) is 19.2 Å². The minimum atomic E-state index is -1.21. The Labute approximate surface area is 243 Å². The number of hydrogen-bond acceptors (Lipinski definition) is 5. The van der Waals surface area contributed by atoms with Gasteiger partial charge in [0, 0.05) is 17.9 Å². The second-order valence-corrected chi connectivity index (χ2v) is 9.67. The highest BCUT2D eigenvalue weighted by Gasteiger charge is 2.27. The molecule has 0 radical (unpaired) electrons. The van der Waals surface area contributed by atoms with E-state index in [1.54, 1.807) is 78.9 Å². The number of amides is 3. The van der Waals surface area contributed by atoms with Crippen molar-refractivity contribution in [2.75, 3.05) is 13.2 Å². The largest absolute Gasteiger partial charge is 0.490 e. The quantitative estimate of drug-likeness (QED) is 0.205. The first kappa shape index (κ1) is 30.9. The molecule has 0 unspecified atom stereocenters. The van der Waals surface area contributed by atoms with Crippen molar-refractivity contribution in [2.24, 2.45) is 0 Å². The smallest absolute Gasteiger partial charge is 0.322 e. The molecule has 4 N–H and O–H groups in total. The molecule has 0 bridgehead atoms. The van der Waals surface area contributed by atoms with E-state index in [-0.39, 0.29) is 19.3 Å². The fraction of sp³-hybridized carbons (Fsp3) is 0.226. The van der Waals surface area contributed by atoms with Crippen LogP contribution in [0.15, 0.2) is 91.5 Å². The third-order valence-corrected chi connectivity index (χ3v) is 6.20. The van der Waals surface area contributed by atoms with Gasteiger partial charge in [-0.3, -0.25) is 19.2 Å². The summed E-state index contributed by atoms with van der Waals surface area (Å²) in [5, 5.41) is 17.3. The third-order valence-electron chi connectivity index (χ3n) is 5.97. The Bertz CT molecular complexity index is 1350. The molecule has 0 fully saturated rings. The second kappa shape index (κ2) is 15.8. The summed E-state index contributed by atoms with van der Waals surface area (Å²) < 4.78 is 5.51. The van der Waals surface area contributed by atoms with E-state index in [0.717, 1.165) is 11.1 Å². The first-order chi connectivity index (χ1) is 19.7. The average Bonchev–Trinajstić information content (AvgIpc) is 2.95. The van der Waals surface area contributed by atoms with E-state index in [1.807, 2.05) is 6.07 Å². The van der Waals surface area contributed by atoms with Gasteiger partial charge >= 0.3 is 5.97 Å². The first-order valence-corrected chi connectivity index (χ1v) is 13.3. The maximum absolute atomic E-state index is 13.6. The summed E-state index contributed by atoms with van der Waals surface area (Å²) in [5.41, 5.74) is 2.18. The molecule has 3 aromatic rings. The molecule has 2 atom stereocenters. The molecule has 0 saturated carbocycles. The van der Waals surface area contributed by atoms with Crippen LogP contribution < -0.4 is 20.7 Å². The number of hydrogen-bond donors (Lipinski definition) is 4. The zero-order valence-corrected chi connectivity index (χ0v) is 23.1. The van der Waals surface area contributed by atoms with Gasteiger partial charge in [-0.05, 0) is 41.0 Å². The maximum Gasteiger partial charge on any atom is 0.322 e. The van der Waals surface area contributed by atoms with E-state index < -0.39 is 42.3 Å². The van der Waals surface area contributed by atoms with Gasteiger partial charge in [0.25, 0.3) is 0 Å². The zero-order chi connectivity index (χ0) is 29.6. The summed E-state index contributed by atoms with van der Waals surface area (Å²) >= 11 is 6.05. The fourth-order valence-corrected chi connectivity index (χ4v) is 4.23. The highest BCUT2D eigenvalue weighted by molar-refractivity contribution is 6.30. The summed E-state index contributed by atoms with van der Waals surface area (Å²) in [6.45, 7) is 3.37. The summed E-state index contributed by atoms with van der Waals surface area (Å²) in [6, 6.07) is 20.8. The van der Waals surface area contributed by atoms with Crippen LogP contribution in [-0.2, 0) is 38.4 Å². The number of carbonyl (C=O) groups is 4. The van der Waals surface area contributed by atoms with Crippen LogP contribution in [0.25, 0.3) is 0 Å². The molecule has 0 aliphatic heterocycles. The van der Waals surface area contributed by atoms with E-state index in [2.05, 4.69) is 22.5 Å². The van der Waals surface area contributed by atoms with Crippen molar-refractivity contribution in [3.05, 3.63) is 113 Å². The number of ether oxygens (including phenoxy) is 1. The summed E-state index contributed by atoms with van der Waals surface area (Å²) in [4.78, 5) is 50.4. The number of nitrogens with one attached hydrogen (secondary N) is 3. The van der Waals surface area contributed by atoms with Crippen molar-refractivity contribution in [2.45, 2.75) is 31.3 Å². The van der Waals surface area contributed by atoms with E-state index in [0.29, 0.717) is 22.9 Å². The Balaban J connectivity index is 1.80. The van der Waals surface area contributed by atoms with Crippen LogP contribution in [0.3, 0.4) is 0 Å². The Kier molecular flexibility index (Phi) is 11.9. The molecule has 0 aromatic heterocycles. The average molecular weight is 578 g/mol. The number of benzene rings is 3. The van der Waals surface area contributed by atoms with Crippen LogP contribution in [0.4, 0.5) is 0 Å². The van der Waals surface area contributed by atoms with Crippen molar-refractivity contribution in [3.8, 4) is 5.75 Å². The van der Waals surface area contributed by atoms with Gasteiger partial charge in [0.05, 0.1) is 6.42 Å². The van der Waals surface area contributed by atoms with Crippen molar-refractivity contribution in [1.82, 2.24) is 16.0 Å². The molecule has 0 aliphatic rings. The minimum Gasteiger partial charge on any atom is -0.490 e. The van der Waals surface area contributed by atoms with Gasteiger partial charge in [0.15, 0.2) is 0 Å². The van der Waals surface area contributed by atoms with Gasteiger partial charge in [-0.2, -0.15) is 0 Å². The number of halogens is 1. The lowest BCUT2D eigenvalue weighted by atomic mass is 10.0. The lowest BCUT2D eigenvalue weighted by molar-refractivity contribution is -0.138. The second-order valence-electron chi connectivity index (χ2n) is 9.24. The van der Waals surface area contributed by atoms with Gasteiger partial charge in [-0.25, -0.2) is 0 Å². The fourth-order valence-electron chi connectivity index (χ4n) is 4.02. The van der Waals surface area contributed by atoms with Crippen molar-refractivity contribution < 1.29 is 29.0 Å². The first-order valence-electron chi connectivity index (χ1n) is 12.9. The van der Waals surface area contributed by atoms with E-state index in [1.165, 1.54) is 0 Å². The number of carbonyl (C=O) groups excluding carboxylic acids is 3. The topological polar surface area (TPSA) is 134 Å². The van der Waals surface area contributed by atoms with Crippen molar-refractivity contribution in [3.63, 3.8) is 0 Å². The number of carboxylic acid groups (broad SMARTS) is 1. The van der Waals surface area contributed by atoms with Crippen LogP contribution >= 0.6 is 11.6 Å². The molecular formula is C31H32ClN3O6. The monoisotopic (exact) mass is 577 g/mol. The SMILES string of the molecule is C=CCOc1ccc(C[C@H](NC(=O)Cc2cccc(Cl)c2)C(=O)N[C@@H](Cc2ccccc2)C(=O)NCC(=O)O)cc1. The third kappa shape index (κ3) is 10.8. The lowest BCUT2D eigenvalue weighted by Gasteiger charge is -2.23. The van der Waals surface area contributed by atoms with Crippen LogP contribution in [-0.4, -0.2) is 54.0 Å². The van der Waals surface area contributed by atoms with Gasteiger partial charge in [0.1, 0.15) is 31.0 Å². The van der Waals surface area contributed by atoms with Gasteiger partial charge < -0.3 is 25.8 Å². The normalized spacial score (nSPS) is 11.9. The maximum atomic E-state index is 13.6. The molecule has 9 nitrogen and oxygen atoms in total.